The first kappa shape index (κ1) is 15.8. The van der Waals surface area contributed by atoms with E-state index in [1.165, 1.54) is 24.8 Å². The number of halogens is 2. The molecule has 1 heterocycles. The molecule has 0 bridgehead atoms. The first-order valence-corrected chi connectivity index (χ1v) is 9.13. The molecule has 2 aliphatic rings. The Bertz CT molecular complexity index is 504. The number of rotatable bonds is 4. The third-order valence-corrected chi connectivity index (χ3v) is 5.81. The minimum absolute atomic E-state index is 0.179. The van der Waals surface area contributed by atoms with Gasteiger partial charge in [0.05, 0.1) is 5.60 Å². The molecule has 3 rings (SSSR count). The van der Waals surface area contributed by atoms with Crippen molar-refractivity contribution in [3.05, 3.63) is 33.3 Å². The summed E-state index contributed by atoms with van der Waals surface area (Å²) in [7, 11) is 0. The summed E-state index contributed by atoms with van der Waals surface area (Å²) in [4.78, 5) is 0. The maximum absolute atomic E-state index is 6.50. The maximum Gasteiger partial charge on any atom is 0.0686 e. The van der Waals surface area contributed by atoms with Crippen LogP contribution in [0.25, 0.3) is 0 Å². The minimum Gasteiger partial charge on any atom is -0.375 e. The van der Waals surface area contributed by atoms with Gasteiger partial charge >= 0.3 is 0 Å². The van der Waals surface area contributed by atoms with Crippen LogP contribution in [0.4, 0.5) is 0 Å². The smallest absolute Gasteiger partial charge is 0.0686 e. The molecule has 0 aromatic heterocycles. The van der Waals surface area contributed by atoms with Crippen molar-refractivity contribution in [1.29, 1.82) is 0 Å². The Morgan fingerprint density at radius 2 is 2.29 bits per heavy atom. The summed E-state index contributed by atoms with van der Waals surface area (Å²) >= 11 is 9.99. The maximum atomic E-state index is 6.50. The van der Waals surface area contributed by atoms with Gasteiger partial charge in [-0.15, -0.1) is 0 Å². The zero-order chi connectivity index (χ0) is 14.9. The van der Waals surface area contributed by atoms with Crippen LogP contribution in [-0.4, -0.2) is 18.8 Å². The molecular formula is C17H23BrClNO. The van der Waals surface area contributed by atoms with Crippen LogP contribution < -0.4 is 5.32 Å². The Labute approximate surface area is 140 Å². The molecule has 1 saturated heterocycles. The van der Waals surface area contributed by atoms with Crippen LogP contribution in [0, 0.1) is 5.92 Å². The second-order valence-electron chi connectivity index (χ2n) is 6.34. The predicted octanol–water partition coefficient (Wildman–Crippen LogP) is 5.10. The van der Waals surface area contributed by atoms with Gasteiger partial charge in [-0.1, -0.05) is 40.5 Å². The summed E-state index contributed by atoms with van der Waals surface area (Å²) in [6.45, 7) is 4.01. The fraction of sp³-hybridized carbons (Fsp3) is 0.647. The van der Waals surface area contributed by atoms with Gasteiger partial charge in [-0.3, -0.25) is 0 Å². The Kier molecular flexibility index (Phi) is 4.94. The van der Waals surface area contributed by atoms with E-state index in [1.54, 1.807) is 0 Å². The highest BCUT2D eigenvalue weighted by atomic mass is 79.9. The zero-order valence-electron chi connectivity index (χ0n) is 12.5. The lowest BCUT2D eigenvalue weighted by atomic mass is 9.69. The van der Waals surface area contributed by atoms with Gasteiger partial charge in [0.15, 0.2) is 0 Å². The molecule has 2 fully saturated rings. The number of benzene rings is 1. The fourth-order valence-electron chi connectivity index (χ4n) is 3.77. The van der Waals surface area contributed by atoms with Crippen molar-refractivity contribution in [1.82, 2.24) is 5.32 Å². The minimum atomic E-state index is 0.179. The molecule has 1 spiro atoms. The van der Waals surface area contributed by atoms with Crippen molar-refractivity contribution < 1.29 is 4.74 Å². The second kappa shape index (κ2) is 6.57. The van der Waals surface area contributed by atoms with Gasteiger partial charge in [-0.2, -0.15) is 0 Å². The van der Waals surface area contributed by atoms with Crippen LogP contribution in [0.15, 0.2) is 22.7 Å². The van der Waals surface area contributed by atoms with Crippen molar-refractivity contribution >= 4 is 27.5 Å². The van der Waals surface area contributed by atoms with E-state index >= 15 is 0 Å². The molecular weight excluding hydrogens is 350 g/mol. The highest BCUT2D eigenvalue weighted by molar-refractivity contribution is 9.10. The van der Waals surface area contributed by atoms with Crippen LogP contribution >= 0.6 is 27.5 Å². The quantitative estimate of drug-likeness (QED) is 0.793. The van der Waals surface area contributed by atoms with E-state index in [-0.39, 0.29) is 5.60 Å². The summed E-state index contributed by atoms with van der Waals surface area (Å²) < 4.78 is 7.11. The Morgan fingerprint density at radius 1 is 1.48 bits per heavy atom. The molecule has 2 unspecified atom stereocenters. The van der Waals surface area contributed by atoms with Gasteiger partial charge in [0, 0.05) is 22.1 Å². The lowest BCUT2D eigenvalue weighted by molar-refractivity contribution is -0.147. The lowest BCUT2D eigenvalue weighted by Gasteiger charge is -2.49. The Balaban J connectivity index is 1.83. The van der Waals surface area contributed by atoms with E-state index in [0.717, 1.165) is 35.5 Å². The highest BCUT2D eigenvalue weighted by Crippen LogP contribution is 2.47. The van der Waals surface area contributed by atoms with Gasteiger partial charge in [0.25, 0.3) is 0 Å². The number of ether oxygens (including phenoxy) is 1. The molecule has 1 aromatic carbocycles. The van der Waals surface area contributed by atoms with Gasteiger partial charge in [-0.05, 0) is 62.3 Å². The van der Waals surface area contributed by atoms with Gasteiger partial charge < -0.3 is 10.1 Å². The molecule has 2 nitrogen and oxygen atoms in total. The van der Waals surface area contributed by atoms with Crippen LogP contribution in [0.1, 0.15) is 50.6 Å². The average molecular weight is 373 g/mol. The first-order valence-electron chi connectivity index (χ1n) is 7.96. The third-order valence-electron chi connectivity index (χ3n) is 4.99. The largest absolute Gasteiger partial charge is 0.375 e. The molecule has 1 aromatic rings. The standard InChI is InChI=1S/C17H23BrClNO/c1-2-20-16(14-5-4-13(18)10-15(14)19)12-6-9-21-17(11-12)7-3-8-17/h4-5,10,12,16,20H,2-3,6-9,11H2,1H3. The number of nitrogens with one attached hydrogen (secondary N) is 1. The molecule has 1 saturated carbocycles. The molecule has 0 radical (unpaired) electrons. The molecule has 116 valence electrons. The first-order chi connectivity index (χ1) is 10.1. The van der Waals surface area contributed by atoms with E-state index in [0.29, 0.717) is 12.0 Å². The van der Waals surface area contributed by atoms with E-state index in [2.05, 4.69) is 40.3 Å². The second-order valence-corrected chi connectivity index (χ2v) is 7.66. The molecule has 2 atom stereocenters. The Morgan fingerprint density at radius 3 is 2.90 bits per heavy atom. The summed E-state index contributed by atoms with van der Waals surface area (Å²) in [6.07, 6.45) is 6.06. The average Bonchev–Trinajstić information content (AvgIpc) is 2.44. The monoisotopic (exact) mass is 371 g/mol. The van der Waals surface area contributed by atoms with Crippen LogP contribution in [-0.2, 0) is 4.74 Å². The lowest BCUT2D eigenvalue weighted by Crippen LogP contribution is -2.48. The van der Waals surface area contributed by atoms with Crippen LogP contribution in [0.5, 0.6) is 0 Å². The van der Waals surface area contributed by atoms with Crippen molar-refractivity contribution in [3.63, 3.8) is 0 Å². The summed E-state index contributed by atoms with van der Waals surface area (Å²) in [6, 6.07) is 6.57. The summed E-state index contributed by atoms with van der Waals surface area (Å²) in [5.74, 6) is 0.609. The molecule has 0 amide bonds. The normalized spacial score (nSPS) is 25.6. The molecule has 1 aliphatic carbocycles. The highest BCUT2D eigenvalue weighted by Gasteiger charge is 2.44. The Hall–Kier alpha value is -0.0900. The fourth-order valence-corrected chi connectivity index (χ4v) is 4.56. The predicted molar refractivity (Wildman–Crippen MR) is 90.8 cm³/mol. The SMILES string of the molecule is CCNC(c1ccc(Br)cc1Cl)C1CCOC2(CCC2)C1. The van der Waals surface area contributed by atoms with Crippen LogP contribution in [0.2, 0.25) is 5.02 Å². The van der Waals surface area contributed by atoms with Crippen molar-refractivity contribution in [3.8, 4) is 0 Å². The van der Waals surface area contributed by atoms with Gasteiger partial charge in [0.1, 0.15) is 0 Å². The summed E-state index contributed by atoms with van der Waals surface area (Å²) in [5, 5.41) is 4.51. The van der Waals surface area contributed by atoms with Gasteiger partial charge in [0.2, 0.25) is 0 Å². The number of hydrogen-bond acceptors (Lipinski definition) is 2. The summed E-state index contributed by atoms with van der Waals surface area (Å²) in [5.41, 5.74) is 1.40. The number of hydrogen-bond donors (Lipinski definition) is 1. The molecule has 21 heavy (non-hydrogen) atoms. The van der Waals surface area contributed by atoms with Crippen molar-refractivity contribution in [2.45, 2.75) is 50.7 Å². The van der Waals surface area contributed by atoms with E-state index in [9.17, 15) is 0 Å². The molecule has 1 N–H and O–H groups in total. The molecule has 1 aliphatic heterocycles. The van der Waals surface area contributed by atoms with Crippen LogP contribution in [0.3, 0.4) is 0 Å². The van der Waals surface area contributed by atoms with E-state index in [1.807, 2.05) is 6.07 Å². The van der Waals surface area contributed by atoms with Crippen molar-refractivity contribution in [2.24, 2.45) is 5.92 Å². The van der Waals surface area contributed by atoms with Crippen molar-refractivity contribution in [2.75, 3.05) is 13.2 Å². The third kappa shape index (κ3) is 3.31. The zero-order valence-corrected chi connectivity index (χ0v) is 14.8. The van der Waals surface area contributed by atoms with E-state index in [4.69, 9.17) is 16.3 Å². The topological polar surface area (TPSA) is 21.3 Å². The molecule has 4 heteroatoms. The van der Waals surface area contributed by atoms with E-state index < -0.39 is 0 Å². The van der Waals surface area contributed by atoms with Gasteiger partial charge in [-0.25, -0.2) is 0 Å².